The molecule has 3 aromatic carbocycles. The summed E-state index contributed by atoms with van der Waals surface area (Å²) in [6.07, 6.45) is 3.07. The van der Waals surface area contributed by atoms with E-state index in [0.717, 1.165) is 15.4 Å². The van der Waals surface area contributed by atoms with Crippen LogP contribution in [0.1, 0.15) is 16.8 Å². The number of rotatable bonds is 13. The van der Waals surface area contributed by atoms with Crippen molar-refractivity contribution in [3.8, 4) is 28.3 Å². The van der Waals surface area contributed by atoms with E-state index in [-0.39, 0.29) is 30.7 Å². The third-order valence-electron chi connectivity index (χ3n) is 6.67. The molecule has 218 valence electrons. The molecule has 0 aliphatic carbocycles. The zero-order valence-electron chi connectivity index (χ0n) is 23.5. The summed E-state index contributed by atoms with van der Waals surface area (Å²) in [7, 11) is -2.66. The molecular weight excluding hydrogens is 558 g/mol. The topological polar surface area (TPSA) is 117 Å². The first-order chi connectivity index (χ1) is 20.4. The van der Waals surface area contributed by atoms with E-state index in [1.54, 1.807) is 51.4 Å². The molecule has 0 saturated carbocycles. The molecule has 5 rings (SSSR count). The van der Waals surface area contributed by atoms with Crippen molar-refractivity contribution in [2.24, 2.45) is 0 Å². The summed E-state index contributed by atoms with van der Waals surface area (Å²) in [5.74, 6) is 1.21. The van der Waals surface area contributed by atoms with E-state index in [2.05, 4.69) is 10.1 Å². The average Bonchev–Trinajstić information content (AvgIpc) is 3.67. The van der Waals surface area contributed by atoms with Crippen LogP contribution in [-0.4, -0.2) is 45.6 Å². The Kier molecular flexibility index (Phi) is 9.01. The highest BCUT2D eigenvalue weighted by atomic mass is 32.2. The van der Waals surface area contributed by atoms with Crippen LogP contribution in [0, 0.1) is 13.8 Å². The number of methoxy groups -OCH3 is 1. The second-order valence-corrected chi connectivity index (χ2v) is 11.2. The van der Waals surface area contributed by atoms with E-state index >= 15 is 0 Å². The lowest BCUT2D eigenvalue weighted by Gasteiger charge is -2.24. The summed E-state index contributed by atoms with van der Waals surface area (Å²) in [5, 5.41) is 3.98. The van der Waals surface area contributed by atoms with E-state index in [1.807, 2.05) is 48.5 Å². The van der Waals surface area contributed by atoms with Gasteiger partial charge in [-0.3, -0.25) is 0 Å². The predicted molar refractivity (Wildman–Crippen MR) is 156 cm³/mol. The van der Waals surface area contributed by atoms with Crippen LogP contribution >= 0.6 is 0 Å². The van der Waals surface area contributed by atoms with Crippen molar-refractivity contribution in [1.29, 1.82) is 0 Å². The van der Waals surface area contributed by atoms with Crippen molar-refractivity contribution in [3.05, 3.63) is 102 Å². The van der Waals surface area contributed by atoms with Crippen LogP contribution < -0.4 is 9.04 Å². The Hall–Kier alpha value is -4.45. The van der Waals surface area contributed by atoms with Crippen LogP contribution in [0.25, 0.3) is 22.6 Å². The quantitative estimate of drug-likeness (QED) is 0.120. The number of ether oxygens (including phenoxy) is 3. The molecule has 0 atom stereocenters. The highest BCUT2D eigenvalue weighted by Gasteiger charge is 2.32. The van der Waals surface area contributed by atoms with Gasteiger partial charge in [-0.2, -0.15) is 0 Å². The number of hydrogen-bond acceptors (Lipinski definition) is 9. The lowest BCUT2D eigenvalue weighted by atomic mass is 9.97. The fourth-order valence-corrected chi connectivity index (χ4v) is 5.89. The molecule has 0 aliphatic rings. The molecule has 2 aromatic heterocycles. The van der Waals surface area contributed by atoms with Crippen molar-refractivity contribution < 1.29 is 31.6 Å². The van der Waals surface area contributed by atoms with Gasteiger partial charge in [0, 0.05) is 23.8 Å². The maximum Gasteiger partial charge on any atom is 0.269 e. The molecule has 11 heteroatoms. The molecule has 0 unspecified atom stereocenters. The van der Waals surface area contributed by atoms with Gasteiger partial charge >= 0.3 is 0 Å². The number of sulfonamides is 1. The highest BCUT2D eigenvalue weighted by Crippen LogP contribution is 2.37. The Morgan fingerprint density at radius 1 is 0.929 bits per heavy atom. The van der Waals surface area contributed by atoms with E-state index < -0.39 is 10.0 Å². The standard InChI is InChI=1S/C31H31N3O7S/c1-22-23(2)33-41-31(22)34(21-38-18-17-37-3)42(35,36)29-12-8-7-11-28(29)27-14-13-24(30-32-15-16-39-30)19-25(27)20-40-26-9-5-4-6-10-26/h4-16,19H,17-18,20-21H2,1-3H3. The van der Waals surface area contributed by atoms with Crippen molar-refractivity contribution in [1.82, 2.24) is 10.1 Å². The minimum absolute atomic E-state index is 0.0682. The Morgan fingerprint density at radius 3 is 2.43 bits per heavy atom. The van der Waals surface area contributed by atoms with Gasteiger partial charge in [0.05, 0.1) is 30.0 Å². The van der Waals surface area contributed by atoms with Crippen LogP contribution in [0.15, 0.2) is 99.1 Å². The number of nitrogens with zero attached hydrogens (tertiary/aromatic N) is 3. The number of hydrogen-bond donors (Lipinski definition) is 0. The van der Waals surface area contributed by atoms with Crippen molar-refractivity contribution in [3.63, 3.8) is 0 Å². The van der Waals surface area contributed by atoms with E-state index in [4.69, 9.17) is 23.2 Å². The van der Waals surface area contributed by atoms with Crippen LogP contribution in [0.2, 0.25) is 0 Å². The second-order valence-electron chi connectivity index (χ2n) is 9.39. The molecule has 0 amide bonds. The first kappa shape index (κ1) is 29.1. The van der Waals surface area contributed by atoms with Crippen LogP contribution in [0.4, 0.5) is 5.88 Å². The molecule has 0 saturated heterocycles. The predicted octanol–water partition coefficient (Wildman–Crippen LogP) is 6.01. The molecule has 0 N–H and O–H groups in total. The number of anilines is 1. The lowest BCUT2D eigenvalue weighted by Crippen LogP contribution is -2.34. The van der Waals surface area contributed by atoms with Crippen LogP contribution in [0.5, 0.6) is 5.75 Å². The first-order valence-electron chi connectivity index (χ1n) is 13.2. The smallest absolute Gasteiger partial charge is 0.269 e. The molecule has 0 fully saturated rings. The Morgan fingerprint density at radius 2 is 1.71 bits per heavy atom. The SMILES string of the molecule is COCCOCN(c1onc(C)c1C)S(=O)(=O)c1ccccc1-c1ccc(-c2ncco2)cc1COc1ccccc1. The van der Waals surface area contributed by atoms with Gasteiger partial charge < -0.3 is 23.2 Å². The maximum absolute atomic E-state index is 14.4. The zero-order chi connectivity index (χ0) is 29.5. The molecule has 0 aliphatic heterocycles. The minimum Gasteiger partial charge on any atom is -0.489 e. The summed E-state index contributed by atoms with van der Waals surface area (Å²) in [6, 6.07) is 21.8. The largest absolute Gasteiger partial charge is 0.489 e. The summed E-state index contributed by atoms with van der Waals surface area (Å²) in [6.45, 7) is 3.89. The molecule has 0 bridgehead atoms. The van der Waals surface area contributed by atoms with E-state index in [9.17, 15) is 8.42 Å². The third kappa shape index (κ3) is 6.23. The van der Waals surface area contributed by atoms with Gasteiger partial charge in [-0.05, 0) is 55.3 Å². The molecule has 5 aromatic rings. The summed E-state index contributed by atoms with van der Waals surface area (Å²) in [4.78, 5) is 4.33. The van der Waals surface area contributed by atoms with Gasteiger partial charge in [0.25, 0.3) is 10.0 Å². The van der Waals surface area contributed by atoms with Crippen LogP contribution in [-0.2, 0) is 26.1 Å². The normalized spacial score (nSPS) is 11.5. The van der Waals surface area contributed by atoms with Gasteiger partial charge in [-0.15, -0.1) is 0 Å². The van der Waals surface area contributed by atoms with Gasteiger partial charge in [-0.25, -0.2) is 17.7 Å². The Balaban J connectivity index is 1.59. The lowest BCUT2D eigenvalue weighted by molar-refractivity contribution is 0.0744. The van der Waals surface area contributed by atoms with Gasteiger partial charge in [0.2, 0.25) is 11.8 Å². The zero-order valence-corrected chi connectivity index (χ0v) is 24.3. The number of oxazole rings is 1. The summed E-state index contributed by atoms with van der Waals surface area (Å²) >= 11 is 0. The molecule has 42 heavy (non-hydrogen) atoms. The molecular formula is C31H31N3O7S. The summed E-state index contributed by atoms with van der Waals surface area (Å²) in [5.41, 5.74) is 3.81. The monoisotopic (exact) mass is 589 g/mol. The van der Waals surface area contributed by atoms with Crippen molar-refractivity contribution in [2.75, 3.05) is 31.4 Å². The van der Waals surface area contributed by atoms with Crippen molar-refractivity contribution >= 4 is 15.9 Å². The van der Waals surface area contributed by atoms with Gasteiger partial charge in [0.1, 0.15) is 25.4 Å². The Labute approximate surface area is 244 Å². The van der Waals surface area contributed by atoms with Crippen LogP contribution in [0.3, 0.4) is 0 Å². The average molecular weight is 590 g/mol. The first-order valence-corrected chi connectivity index (χ1v) is 14.7. The van der Waals surface area contributed by atoms with Crippen molar-refractivity contribution in [2.45, 2.75) is 25.3 Å². The number of para-hydroxylation sites is 1. The van der Waals surface area contributed by atoms with E-state index in [0.29, 0.717) is 40.6 Å². The number of aromatic nitrogens is 2. The number of benzene rings is 3. The third-order valence-corrected chi connectivity index (χ3v) is 8.43. The molecule has 10 nitrogen and oxygen atoms in total. The number of aryl methyl sites for hydroxylation is 1. The van der Waals surface area contributed by atoms with E-state index in [1.165, 1.54) is 6.26 Å². The Bertz CT molecular complexity index is 1720. The van der Waals surface area contributed by atoms with Gasteiger partial charge in [0.15, 0.2) is 0 Å². The van der Waals surface area contributed by atoms with Gasteiger partial charge in [-0.1, -0.05) is 47.6 Å². The molecule has 0 radical (unpaired) electrons. The highest BCUT2D eigenvalue weighted by molar-refractivity contribution is 7.93. The molecule has 0 spiro atoms. The fraction of sp³-hybridized carbons (Fsp3) is 0.226. The fourth-order valence-electron chi connectivity index (χ4n) is 4.35. The minimum atomic E-state index is -4.20. The summed E-state index contributed by atoms with van der Waals surface area (Å²) < 4.78 is 57.7. The molecule has 2 heterocycles. The maximum atomic E-state index is 14.4. The second kappa shape index (κ2) is 13.0.